The molecule has 1 saturated carbocycles. The maximum atomic E-state index is 11.2. The van der Waals surface area contributed by atoms with Gasteiger partial charge in [-0.1, -0.05) is 13.8 Å². The quantitative estimate of drug-likeness (QED) is 0.424. The van der Waals surface area contributed by atoms with Crippen LogP contribution in [0.15, 0.2) is 0 Å². The Kier molecular flexibility index (Phi) is 1.94. The maximum Gasteiger partial charge on any atom is 0.449 e. The Morgan fingerprint density at radius 1 is 1.25 bits per heavy atom. The molecule has 64 valence electrons. The van der Waals surface area contributed by atoms with Crippen molar-refractivity contribution in [1.82, 2.24) is 0 Å². The highest BCUT2D eigenvalue weighted by Gasteiger charge is 2.43. The number of nitrogens with one attached hydrogen (secondary N) is 1. The molecule has 0 aromatic rings. The van der Waals surface area contributed by atoms with Crippen molar-refractivity contribution in [3.05, 3.63) is 0 Å². The summed E-state index contributed by atoms with van der Waals surface area (Å²) in [4.78, 5) is 25.3. The fourth-order valence-electron chi connectivity index (χ4n) is 1.38. The summed E-state index contributed by atoms with van der Waals surface area (Å²) in [7, 11) is 0. The standard InChI is InChI=1S/C8H11N2O2/c1-8(2)3-5(11)7(10-9)6(12)4-8/h9H,3-4H2,1-2H3/q+1. The number of rotatable bonds is 0. The summed E-state index contributed by atoms with van der Waals surface area (Å²) in [6, 6.07) is 0. The average molecular weight is 167 g/mol. The normalized spacial score (nSPS) is 22.3. The lowest BCUT2D eigenvalue weighted by Crippen LogP contribution is -2.38. The van der Waals surface area contributed by atoms with E-state index >= 15 is 0 Å². The molecule has 0 aromatic heterocycles. The van der Waals surface area contributed by atoms with Crippen molar-refractivity contribution >= 4 is 17.3 Å². The summed E-state index contributed by atoms with van der Waals surface area (Å²) in [5.41, 5.74) is 6.19. The first-order chi connectivity index (χ1) is 5.46. The van der Waals surface area contributed by atoms with Crippen LogP contribution in [-0.2, 0) is 9.59 Å². The Hall–Kier alpha value is -1.28. The zero-order valence-electron chi connectivity index (χ0n) is 7.18. The Labute approximate surface area is 70.2 Å². The fourth-order valence-corrected chi connectivity index (χ4v) is 1.38. The van der Waals surface area contributed by atoms with E-state index in [1.165, 1.54) is 0 Å². The second-order valence-electron chi connectivity index (χ2n) is 3.82. The van der Waals surface area contributed by atoms with Gasteiger partial charge in [-0.3, -0.25) is 9.59 Å². The molecule has 0 heterocycles. The molecule has 0 unspecified atom stereocenters. The molecule has 1 rings (SSSR count). The zero-order chi connectivity index (χ0) is 9.35. The summed E-state index contributed by atoms with van der Waals surface area (Å²) in [5, 5.41) is 0. The molecule has 0 spiro atoms. The van der Waals surface area contributed by atoms with Crippen molar-refractivity contribution < 1.29 is 14.4 Å². The number of nitrogens with zero attached hydrogens (tertiary/aromatic N) is 1. The average Bonchev–Trinajstić information content (AvgIpc) is 1.82. The van der Waals surface area contributed by atoms with Crippen molar-refractivity contribution in [3.8, 4) is 0 Å². The van der Waals surface area contributed by atoms with Gasteiger partial charge < -0.3 is 0 Å². The second-order valence-corrected chi connectivity index (χ2v) is 3.82. The van der Waals surface area contributed by atoms with Gasteiger partial charge in [0.15, 0.2) is 0 Å². The first-order valence-corrected chi connectivity index (χ1v) is 3.77. The first kappa shape index (κ1) is 8.81. The number of Topliss-reactive ketones (excluding diaryl/α,β-unsaturated/α-hetero) is 2. The van der Waals surface area contributed by atoms with Gasteiger partial charge in [-0.15, -0.1) is 0 Å². The molecule has 0 radical (unpaired) electrons. The summed E-state index contributed by atoms with van der Waals surface area (Å²) in [6.45, 7) is 3.73. The predicted molar refractivity (Wildman–Crippen MR) is 41.0 cm³/mol. The molecule has 1 N–H and O–H groups in total. The number of hydrogen-bond donors (Lipinski definition) is 1. The maximum absolute atomic E-state index is 11.2. The molecule has 4 nitrogen and oxygen atoms in total. The van der Waals surface area contributed by atoms with E-state index in [1.807, 2.05) is 13.8 Å². The van der Waals surface area contributed by atoms with E-state index in [0.29, 0.717) is 12.8 Å². The summed E-state index contributed by atoms with van der Waals surface area (Å²) in [5.74, 6) is -0.600. The molecule has 1 aliphatic carbocycles. The zero-order valence-corrected chi connectivity index (χ0v) is 7.18. The third-order valence-electron chi connectivity index (χ3n) is 1.92. The Morgan fingerprint density at radius 2 is 1.67 bits per heavy atom. The van der Waals surface area contributed by atoms with E-state index in [9.17, 15) is 9.59 Å². The van der Waals surface area contributed by atoms with Crippen LogP contribution in [0.4, 0.5) is 0 Å². The van der Waals surface area contributed by atoms with E-state index < -0.39 is 0 Å². The lowest BCUT2D eigenvalue weighted by molar-refractivity contribution is -0.148. The minimum atomic E-state index is -0.300. The Morgan fingerprint density at radius 3 is 2.00 bits per heavy atom. The van der Waals surface area contributed by atoms with E-state index in [2.05, 4.69) is 4.79 Å². The SMILES string of the molecule is CC1(C)CC(=O)C(=[N+]=N)C(=O)C1. The molecule has 1 fully saturated rings. The van der Waals surface area contributed by atoms with Gasteiger partial charge >= 0.3 is 5.71 Å². The van der Waals surface area contributed by atoms with Gasteiger partial charge in [0.25, 0.3) is 11.6 Å². The highest BCUT2D eigenvalue weighted by molar-refractivity contribution is 6.65. The number of carbonyl (C=O) groups is 2. The van der Waals surface area contributed by atoms with Crippen molar-refractivity contribution in [1.29, 1.82) is 5.53 Å². The van der Waals surface area contributed by atoms with Crippen LogP contribution < -0.4 is 0 Å². The van der Waals surface area contributed by atoms with E-state index in [4.69, 9.17) is 5.53 Å². The molecule has 0 saturated heterocycles. The number of carbonyl (C=O) groups excluding carboxylic acids is 2. The monoisotopic (exact) mass is 167 g/mol. The van der Waals surface area contributed by atoms with Gasteiger partial charge in [0, 0.05) is 12.8 Å². The molecule has 0 amide bonds. The third kappa shape index (κ3) is 1.48. The number of ketones is 2. The highest BCUT2D eigenvalue weighted by Crippen LogP contribution is 2.29. The first-order valence-electron chi connectivity index (χ1n) is 3.77. The predicted octanol–water partition coefficient (Wildman–Crippen LogP) is 0.625. The Bertz CT molecular complexity index is 276. The van der Waals surface area contributed by atoms with E-state index in [-0.39, 0.29) is 22.7 Å². The Balaban J connectivity index is 3.00. The van der Waals surface area contributed by atoms with Crippen molar-refractivity contribution in [2.45, 2.75) is 26.7 Å². The van der Waals surface area contributed by atoms with Crippen molar-refractivity contribution in [2.24, 2.45) is 5.41 Å². The van der Waals surface area contributed by atoms with Crippen LogP contribution in [0.5, 0.6) is 0 Å². The van der Waals surface area contributed by atoms with Crippen LogP contribution in [0.25, 0.3) is 0 Å². The van der Waals surface area contributed by atoms with Gasteiger partial charge in [-0.2, -0.15) is 0 Å². The van der Waals surface area contributed by atoms with Gasteiger partial charge in [-0.25, -0.2) is 0 Å². The molecule has 12 heavy (non-hydrogen) atoms. The van der Waals surface area contributed by atoms with Crippen LogP contribution in [-0.4, -0.2) is 22.1 Å². The topological polar surface area (TPSA) is 72.1 Å². The van der Waals surface area contributed by atoms with Gasteiger partial charge in [0.05, 0.1) is 10.3 Å². The van der Waals surface area contributed by atoms with E-state index in [1.54, 1.807) is 0 Å². The summed E-state index contributed by atoms with van der Waals surface area (Å²) < 4.78 is 0. The smallest absolute Gasteiger partial charge is 0.286 e. The van der Waals surface area contributed by atoms with E-state index in [0.717, 1.165) is 0 Å². The lowest BCUT2D eigenvalue weighted by atomic mass is 9.75. The van der Waals surface area contributed by atoms with Crippen LogP contribution in [0.2, 0.25) is 0 Å². The molecule has 0 aliphatic heterocycles. The highest BCUT2D eigenvalue weighted by atomic mass is 16.2. The molecule has 4 heteroatoms. The summed E-state index contributed by atoms with van der Waals surface area (Å²) >= 11 is 0. The largest absolute Gasteiger partial charge is 0.449 e. The van der Waals surface area contributed by atoms with Crippen molar-refractivity contribution in [2.75, 3.05) is 0 Å². The van der Waals surface area contributed by atoms with Crippen LogP contribution >= 0.6 is 0 Å². The molecule has 1 aliphatic rings. The molecular weight excluding hydrogens is 156 g/mol. The van der Waals surface area contributed by atoms with Crippen LogP contribution in [0.3, 0.4) is 0 Å². The lowest BCUT2D eigenvalue weighted by Gasteiger charge is -2.23. The van der Waals surface area contributed by atoms with Crippen LogP contribution in [0.1, 0.15) is 26.7 Å². The minimum Gasteiger partial charge on any atom is -0.286 e. The minimum absolute atomic E-state index is 0.186. The fraction of sp³-hybridized carbons (Fsp3) is 0.625. The summed E-state index contributed by atoms with van der Waals surface area (Å²) in [6.07, 6.45) is 0.632. The second kappa shape index (κ2) is 2.64. The molecular formula is C8H11N2O2+. The van der Waals surface area contributed by atoms with Gasteiger partial charge in [-0.05, 0) is 5.41 Å². The van der Waals surface area contributed by atoms with Crippen LogP contribution in [0, 0.1) is 10.9 Å². The molecule has 0 bridgehead atoms. The third-order valence-corrected chi connectivity index (χ3v) is 1.92. The van der Waals surface area contributed by atoms with Gasteiger partial charge in [0.2, 0.25) is 0 Å². The molecule has 0 aromatic carbocycles. The molecule has 0 atom stereocenters. The van der Waals surface area contributed by atoms with Crippen molar-refractivity contribution in [3.63, 3.8) is 0 Å². The number of hydrogen-bond acceptors (Lipinski definition) is 3. The van der Waals surface area contributed by atoms with Gasteiger partial charge in [0.1, 0.15) is 0 Å².